The molecule has 1 saturated heterocycles. The summed E-state index contributed by atoms with van der Waals surface area (Å²) in [6.45, 7) is 16.1. The van der Waals surface area contributed by atoms with Crippen LogP contribution in [0, 0.1) is 0 Å². The highest BCUT2D eigenvalue weighted by Crippen LogP contribution is 2.37. The lowest BCUT2D eigenvalue weighted by Crippen LogP contribution is -2.66. The van der Waals surface area contributed by atoms with Crippen LogP contribution in [0.4, 0.5) is 0 Å². The molecule has 0 amide bonds. The largest absolute Gasteiger partial charge is 0.497 e. The smallest absolute Gasteiger partial charge is 0.308 e. The SMILES string of the molecule is CCOC(=O)C[C@@H](C[C@H]1CC(=O)C[C@@H](C[C@H](CCO[Si](c2ccccc2)(c2ccccc2)C(C)(C)C)OCc2ccc(OC)cc2)O1)O[Si](C)(C)C. The third kappa shape index (κ3) is 12.2. The summed E-state index contributed by atoms with van der Waals surface area (Å²) >= 11 is 0. The van der Waals surface area contributed by atoms with Crippen LogP contribution >= 0.6 is 0 Å². The molecule has 1 aliphatic rings. The summed E-state index contributed by atoms with van der Waals surface area (Å²) < 4.78 is 37.5. The highest BCUT2D eigenvalue weighted by atomic mass is 28.4. The Bertz CT molecular complexity index is 1480. The van der Waals surface area contributed by atoms with Gasteiger partial charge in [0.15, 0.2) is 8.32 Å². The number of hydrogen-bond donors (Lipinski definition) is 0. The zero-order valence-electron chi connectivity index (χ0n) is 32.5. The molecule has 3 aromatic carbocycles. The van der Waals surface area contributed by atoms with Crippen molar-refractivity contribution in [3.05, 3.63) is 90.5 Å². The van der Waals surface area contributed by atoms with Crippen molar-refractivity contribution in [1.29, 1.82) is 0 Å². The molecule has 0 radical (unpaired) electrons. The fraction of sp³-hybridized carbons (Fsp3) is 0.524. The molecule has 1 fully saturated rings. The topological polar surface area (TPSA) is 89.5 Å². The summed E-state index contributed by atoms with van der Waals surface area (Å²) in [5, 5.41) is 2.30. The van der Waals surface area contributed by atoms with Crippen molar-refractivity contribution in [2.45, 2.75) is 122 Å². The van der Waals surface area contributed by atoms with Crippen LogP contribution in [0.25, 0.3) is 0 Å². The van der Waals surface area contributed by atoms with Gasteiger partial charge in [-0.05, 0) is 72.5 Å². The van der Waals surface area contributed by atoms with Crippen molar-refractivity contribution >= 4 is 38.8 Å². The van der Waals surface area contributed by atoms with Gasteiger partial charge in [-0.2, -0.15) is 0 Å². The van der Waals surface area contributed by atoms with E-state index in [2.05, 4.69) is 88.9 Å². The van der Waals surface area contributed by atoms with Crippen LogP contribution < -0.4 is 15.1 Å². The number of esters is 1. The maximum absolute atomic E-state index is 13.2. The van der Waals surface area contributed by atoms with Crippen molar-refractivity contribution in [3.8, 4) is 5.75 Å². The molecule has 0 spiro atoms. The minimum absolute atomic E-state index is 0.143. The lowest BCUT2D eigenvalue weighted by molar-refractivity contribution is -0.147. The lowest BCUT2D eigenvalue weighted by Gasteiger charge is -2.43. The van der Waals surface area contributed by atoms with Gasteiger partial charge in [-0.1, -0.05) is 93.6 Å². The Kier molecular flexibility index (Phi) is 15.4. The molecule has 0 aromatic heterocycles. The highest BCUT2D eigenvalue weighted by Gasteiger charge is 2.50. The molecule has 4 rings (SSSR count). The Morgan fingerprint density at radius 1 is 0.846 bits per heavy atom. The summed E-state index contributed by atoms with van der Waals surface area (Å²) in [5.41, 5.74) is 1.03. The molecule has 284 valence electrons. The molecule has 4 atom stereocenters. The highest BCUT2D eigenvalue weighted by molar-refractivity contribution is 6.99. The Labute approximate surface area is 313 Å². The van der Waals surface area contributed by atoms with Crippen LogP contribution in [-0.4, -0.2) is 73.1 Å². The maximum atomic E-state index is 13.2. The van der Waals surface area contributed by atoms with Gasteiger partial charge in [-0.3, -0.25) is 9.59 Å². The van der Waals surface area contributed by atoms with Gasteiger partial charge in [0.05, 0.1) is 51.2 Å². The monoisotopic (exact) mass is 748 g/mol. The molecule has 52 heavy (non-hydrogen) atoms. The second-order valence-electron chi connectivity index (χ2n) is 15.7. The van der Waals surface area contributed by atoms with E-state index >= 15 is 0 Å². The molecular formula is C42H60O8Si2. The average molecular weight is 749 g/mol. The van der Waals surface area contributed by atoms with E-state index in [1.807, 2.05) is 36.4 Å². The van der Waals surface area contributed by atoms with E-state index in [9.17, 15) is 9.59 Å². The summed E-state index contributed by atoms with van der Waals surface area (Å²) in [7, 11) is -3.08. The number of ether oxygens (including phenoxy) is 4. The Morgan fingerprint density at radius 3 is 1.90 bits per heavy atom. The molecule has 1 aliphatic heterocycles. The van der Waals surface area contributed by atoms with Gasteiger partial charge < -0.3 is 27.8 Å². The van der Waals surface area contributed by atoms with E-state index in [-0.39, 0.29) is 47.6 Å². The van der Waals surface area contributed by atoms with Crippen LogP contribution in [-0.2, 0) is 39.3 Å². The summed E-state index contributed by atoms with van der Waals surface area (Å²) in [6.07, 6.45) is 1.13. The van der Waals surface area contributed by atoms with E-state index in [0.717, 1.165) is 11.3 Å². The first-order valence-electron chi connectivity index (χ1n) is 18.7. The van der Waals surface area contributed by atoms with Crippen LogP contribution in [0.15, 0.2) is 84.9 Å². The zero-order chi connectivity index (χ0) is 37.8. The molecule has 0 bridgehead atoms. The first kappa shape index (κ1) is 41.6. The predicted molar refractivity (Wildman–Crippen MR) is 211 cm³/mol. The summed E-state index contributed by atoms with van der Waals surface area (Å²) in [5.74, 6) is 0.650. The first-order chi connectivity index (χ1) is 24.7. The second-order valence-corrected chi connectivity index (χ2v) is 24.5. The third-order valence-corrected chi connectivity index (χ3v) is 15.5. The molecule has 0 N–H and O–H groups in total. The van der Waals surface area contributed by atoms with Crippen LogP contribution in [0.2, 0.25) is 24.7 Å². The molecule has 3 aromatic rings. The lowest BCUT2D eigenvalue weighted by atomic mass is 9.94. The standard InChI is InChI=1S/C42H60O8Si2/c1-9-46-41(44)30-38(50-51(6,7)8)29-37-27-33(43)26-36(49-37)28-35(47-31-32-20-22-34(45-5)23-21-32)24-25-48-52(42(2,3)4,39-16-12-10-13-17-39)40-18-14-11-15-19-40/h10-23,35-38H,9,24-31H2,1-8H3/t35-,36-,37+,38+/m0/s1. The van der Waals surface area contributed by atoms with Gasteiger partial charge in [0.25, 0.3) is 8.32 Å². The predicted octanol–water partition coefficient (Wildman–Crippen LogP) is 7.62. The van der Waals surface area contributed by atoms with Crippen molar-refractivity contribution in [3.63, 3.8) is 0 Å². The number of hydrogen-bond acceptors (Lipinski definition) is 8. The third-order valence-electron chi connectivity index (χ3n) is 9.39. The van der Waals surface area contributed by atoms with Gasteiger partial charge in [-0.25, -0.2) is 0 Å². The minimum atomic E-state index is -2.75. The number of benzene rings is 3. The minimum Gasteiger partial charge on any atom is -0.497 e. The number of Topliss-reactive ketones (excluding diaryl/α,β-unsaturated/α-hetero) is 1. The zero-order valence-corrected chi connectivity index (χ0v) is 34.5. The van der Waals surface area contributed by atoms with Gasteiger partial charge >= 0.3 is 5.97 Å². The van der Waals surface area contributed by atoms with Crippen molar-refractivity contribution in [2.24, 2.45) is 0 Å². The maximum Gasteiger partial charge on any atom is 0.308 e. The first-order valence-corrected chi connectivity index (χ1v) is 24.0. The molecule has 0 aliphatic carbocycles. The van der Waals surface area contributed by atoms with Gasteiger partial charge in [0.2, 0.25) is 0 Å². The fourth-order valence-electron chi connectivity index (χ4n) is 7.21. The van der Waals surface area contributed by atoms with E-state index < -0.39 is 16.6 Å². The molecule has 8 nitrogen and oxygen atoms in total. The molecule has 0 saturated carbocycles. The van der Waals surface area contributed by atoms with Crippen molar-refractivity contribution in [2.75, 3.05) is 20.3 Å². The van der Waals surface area contributed by atoms with Crippen LogP contribution in [0.5, 0.6) is 5.75 Å². The van der Waals surface area contributed by atoms with Crippen LogP contribution in [0.3, 0.4) is 0 Å². The molecule has 1 heterocycles. The number of carbonyl (C=O) groups is 2. The Morgan fingerprint density at radius 2 is 1.40 bits per heavy atom. The number of rotatable bonds is 19. The van der Waals surface area contributed by atoms with Crippen molar-refractivity contribution in [1.82, 2.24) is 0 Å². The second kappa shape index (κ2) is 19.3. The van der Waals surface area contributed by atoms with Crippen LogP contribution in [0.1, 0.15) is 71.8 Å². The fourth-order valence-corrected chi connectivity index (χ4v) is 13.0. The van der Waals surface area contributed by atoms with Gasteiger partial charge in [-0.15, -0.1) is 0 Å². The normalized spacial score (nSPS) is 18.1. The van der Waals surface area contributed by atoms with E-state index in [1.54, 1.807) is 14.0 Å². The number of ketones is 1. The Balaban J connectivity index is 1.54. The number of carbonyl (C=O) groups excluding carboxylic acids is 2. The summed E-state index contributed by atoms with van der Waals surface area (Å²) in [6, 6.07) is 29.2. The Hall–Kier alpha value is -3.13. The molecule has 0 unspecified atom stereocenters. The quantitative estimate of drug-likeness (QED) is 0.0915. The van der Waals surface area contributed by atoms with Gasteiger partial charge in [0, 0.05) is 25.9 Å². The molecule has 10 heteroatoms. The number of methoxy groups -OCH3 is 1. The van der Waals surface area contributed by atoms with E-state index in [0.29, 0.717) is 51.9 Å². The molecular weight excluding hydrogens is 689 g/mol. The summed E-state index contributed by atoms with van der Waals surface area (Å²) in [4.78, 5) is 25.7. The van der Waals surface area contributed by atoms with Crippen molar-refractivity contribution < 1.29 is 37.4 Å². The average Bonchev–Trinajstić information content (AvgIpc) is 3.08. The van der Waals surface area contributed by atoms with Gasteiger partial charge in [0.1, 0.15) is 11.5 Å². The van der Waals surface area contributed by atoms with E-state index in [1.165, 1.54) is 10.4 Å². The van der Waals surface area contributed by atoms with E-state index in [4.69, 9.17) is 27.8 Å².